The molecule has 2 saturated heterocycles. The summed E-state index contributed by atoms with van der Waals surface area (Å²) in [4.78, 5) is 2.20. The van der Waals surface area contributed by atoms with Crippen LogP contribution < -0.4 is 20.7 Å². The van der Waals surface area contributed by atoms with Gasteiger partial charge in [-0.15, -0.1) is 11.3 Å². The van der Waals surface area contributed by atoms with Crippen LogP contribution in [0.4, 0.5) is 33.3 Å². The molecule has 5 nitrogen and oxygen atoms in total. The number of likely N-dealkylation sites (tertiary alicyclic amines) is 1. The zero-order chi connectivity index (χ0) is 30.6. The van der Waals surface area contributed by atoms with Crippen molar-refractivity contribution in [3.8, 4) is 17.6 Å². The molecule has 2 aliphatic heterocycles. The molecule has 2 aliphatic rings. The van der Waals surface area contributed by atoms with Crippen LogP contribution in [0.25, 0.3) is 10.1 Å². The van der Waals surface area contributed by atoms with Gasteiger partial charge in [0.25, 0.3) is 0 Å². The summed E-state index contributed by atoms with van der Waals surface area (Å²) >= 11 is 1.15. The molecule has 0 saturated carbocycles. The first-order chi connectivity index (χ1) is 20.6. The Balaban J connectivity index is 1.38. The maximum Gasteiger partial charge on any atom is 0.393 e. The molecule has 3 aromatic rings. The lowest BCUT2D eigenvalue weighted by Crippen LogP contribution is -2.46. The van der Waals surface area contributed by atoms with Crippen LogP contribution in [0.15, 0.2) is 36.4 Å². The van der Waals surface area contributed by atoms with Crippen LogP contribution >= 0.6 is 18.5 Å². The number of nitrogens with zero attached hydrogens (tertiary/aromatic N) is 1. The maximum atomic E-state index is 14.7. The van der Waals surface area contributed by atoms with Crippen molar-refractivity contribution in [1.82, 2.24) is 4.90 Å². The predicted molar refractivity (Wildman–Crippen MR) is 165 cm³/mol. The zero-order valence-corrected chi connectivity index (χ0v) is 25.6. The second kappa shape index (κ2) is 13.5. The molecule has 2 atom stereocenters. The van der Waals surface area contributed by atoms with Crippen molar-refractivity contribution in [3.63, 3.8) is 0 Å². The van der Waals surface area contributed by atoms with Crippen molar-refractivity contribution in [2.45, 2.75) is 50.5 Å². The number of benzene rings is 2. The van der Waals surface area contributed by atoms with E-state index in [9.17, 15) is 26.5 Å². The number of alkyl halides is 5. The van der Waals surface area contributed by atoms with E-state index in [1.807, 2.05) is 11.9 Å². The van der Waals surface area contributed by atoms with E-state index >= 15 is 0 Å². The molecule has 5 rings (SSSR count). The number of rotatable bonds is 8. The Kier molecular flexibility index (Phi) is 9.89. The van der Waals surface area contributed by atoms with Crippen molar-refractivity contribution in [3.05, 3.63) is 46.8 Å². The summed E-state index contributed by atoms with van der Waals surface area (Å²) in [5.41, 5.74) is 1.14. The number of anilines is 2. The Morgan fingerprint density at radius 2 is 1.93 bits per heavy atom. The fraction of sp³-hybridized carbons (Fsp3) is 0.484. The minimum atomic E-state index is -4.44. The van der Waals surface area contributed by atoms with E-state index in [1.165, 1.54) is 0 Å². The third kappa shape index (κ3) is 7.65. The van der Waals surface area contributed by atoms with Gasteiger partial charge >= 0.3 is 6.18 Å². The predicted octanol–water partition coefficient (Wildman–Crippen LogP) is 7.40. The van der Waals surface area contributed by atoms with E-state index in [-0.39, 0.29) is 22.7 Å². The molecular formula is C31H35F5N3O2PS. The summed E-state index contributed by atoms with van der Waals surface area (Å²) in [7, 11) is -0.687. The molecule has 1 aromatic heterocycles. The van der Waals surface area contributed by atoms with E-state index in [0.29, 0.717) is 52.1 Å². The molecule has 232 valence electrons. The monoisotopic (exact) mass is 639 g/mol. The minimum Gasteiger partial charge on any atom is -0.461 e. The van der Waals surface area contributed by atoms with E-state index < -0.39 is 38.8 Å². The number of hydrogen-bond acceptors (Lipinski definition) is 6. The summed E-state index contributed by atoms with van der Waals surface area (Å²) in [5.74, 6) is 6.02. The molecule has 2 aromatic carbocycles. The van der Waals surface area contributed by atoms with Crippen molar-refractivity contribution in [2.24, 2.45) is 0 Å². The normalized spacial score (nSPS) is 20.8. The number of ether oxygens (including phenoxy) is 1. The Morgan fingerprint density at radius 1 is 1.14 bits per heavy atom. The van der Waals surface area contributed by atoms with Crippen LogP contribution in [-0.4, -0.2) is 69.2 Å². The quantitative estimate of drug-likeness (QED) is 0.153. The van der Waals surface area contributed by atoms with Gasteiger partial charge in [0, 0.05) is 30.7 Å². The average molecular weight is 640 g/mol. The van der Waals surface area contributed by atoms with Crippen LogP contribution in [-0.2, 0) is 11.0 Å². The highest BCUT2D eigenvalue weighted by molar-refractivity contribution is 7.71. The fourth-order valence-electron chi connectivity index (χ4n) is 5.81. The molecule has 0 aliphatic carbocycles. The second-order valence-corrected chi connectivity index (χ2v) is 15.4. The first-order valence-corrected chi connectivity index (χ1v) is 17.3. The highest BCUT2D eigenvalue weighted by Gasteiger charge is 2.32. The Morgan fingerprint density at radius 3 is 2.65 bits per heavy atom. The number of nitrogens with one attached hydrogen (secondary N) is 2. The largest absolute Gasteiger partial charge is 0.461 e. The molecule has 0 radical (unpaired) electrons. The summed E-state index contributed by atoms with van der Waals surface area (Å²) in [6.45, 7) is 0.0142. The smallest absolute Gasteiger partial charge is 0.393 e. The molecule has 0 amide bonds. The third-order valence-corrected chi connectivity index (χ3v) is 12.5. The first kappa shape index (κ1) is 31.6. The van der Waals surface area contributed by atoms with Crippen molar-refractivity contribution in [1.29, 1.82) is 0 Å². The molecule has 43 heavy (non-hydrogen) atoms. The number of piperidine rings is 1. The standard InChI is InChI=1S/C31H35F5N3O2PS/c1-39-14-12-25(24(33)19-39)38-27-8-5-7-22-23(18-31(34,35)36)29(43-30(22)27)9-6-13-37-26-11-10-21(17-28(26)41-20-32)42(40)15-3-2-4-16-42/h5,7-8,10-11,17,24-25,37-38H,2-4,12-16,18-20H2,1H3/t24-,25?/m1/s1. The molecule has 3 heterocycles. The van der Waals surface area contributed by atoms with Crippen LogP contribution in [0.5, 0.6) is 5.75 Å². The van der Waals surface area contributed by atoms with Crippen LogP contribution in [0.1, 0.15) is 36.1 Å². The molecule has 2 fully saturated rings. The Bertz CT molecular complexity index is 1540. The first-order valence-electron chi connectivity index (χ1n) is 14.4. The van der Waals surface area contributed by atoms with Gasteiger partial charge in [-0.2, -0.15) is 13.2 Å². The summed E-state index contributed by atoms with van der Waals surface area (Å²) < 4.78 is 87.9. The lowest BCUT2D eigenvalue weighted by molar-refractivity contribution is -0.126. The van der Waals surface area contributed by atoms with Gasteiger partial charge in [0.2, 0.25) is 6.86 Å². The van der Waals surface area contributed by atoms with Crippen molar-refractivity contribution in [2.75, 3.05) is 56.5 Å². The molecule has 0 bridgehead atoms. The highest BCUT2D eigenvalue weighted by atomic mass is 32.1. The van der Waals surface area contributed by atoms with Crippen molar-refractivity contribution >= 4 is 45.2 Å². The Labute approximate surface area is 252 Å². The number of fused-ring (bicyclic) bond motifs is 1. The second-order valence-electron chi connectivity index (χ2n) is 11.2. The van der Waals surface area contributed by atoms with E-state index in [2.05, 4.69) is 22.5 Å². The summed E-state index contributed by atoms with van der Waals surface area (Å²) in [5, 5.41) is 7.40. The van der Waals surface area contributed by atoms with Gasteiger partial charge in [-0.1, -0.05) is 30.4 Å². The number of halogens is 5. The minimum absolute atomic E-state index is 0.0591. The average Bonchev–Trinajstić information content (AvgIpc) is 3.30. The maximum absolute atomic E-state index is 14.7. The van der Waals surface area contributed by atoms with Gasteiger partial charge < -0.3 is 24.8 Å². The van der Waals surface area contributed by atoms with Gasteiger partial charge in [-0.05, 0) is 61.5 Å². The molecule has 0 spiro atoms. The van der Waals surface area contributed by atoms with Gasteiger partial charge in [-0.3, -0.25) is 0 Å². The van der Waals surface area contributed by atoms with Gasteiger partial charge in [-0.25, -0.2) is 8.78 Å². The van der Waals surface area contributed by atoms with E-state index in [0.717, 1.165) is 37.1 Å². The molecule has 2 N–H and O–H groups in total. The lowest BCUT2D eigenvalue weighted by atomic mass is 10.0. The summed E-state index contributed by atoms with van der Waals surface area (Å²) in [6, 6.07) is 9.72. The molecule has 12 heteroatoms. The van der Waals surface area contributed by atoms with Crippen molar-refractivity contribution < 1.29 is 31.3 Å². The third-order valence-electron chi connectivity index (χ3n) is 8.03. The zero-order valence-electron chi connectivity index (χ0n) is 23.9. The Hall–Kier alpha value is -2.80. The topological polar surface area (TPSA) is 53.6 Å². The molecular weight excluding hydrogens is 604 g/mol. The SMILES string of the molecule is CN1CCC(Nc2cccc3c(CC(F)(F)F)c(C#CCNc4ccc(P5(=O)CCCCC5)cc4OCF)sc23)[C@H](F)C1. The number of hydrogen-bond donors (Lipinski definition) is 2. The van der Waals surface area contributed by atoms with Crippen LogP contribution in [0.2, 0.25) is 0 Å². The van der Waals surface area contributed by atoms with Crippen LogP contribution in [0, 0.1) is 11.8 Å². The lowest BCUT2D eigenvalue weighted by Gasteiger charge is -2.33. The van der Waals surface area contributed by atoms with E-state index in [1.54, 1.807) is 36.4 Å². The van der Waals surface area contributed by atoms with Gasteiger partial charge in [0.1, 0.15) is 19.1 Å². The molecule has 1 unspecified atom stereocenters. The van der Waals surface area contributed by atoms with Gasteiger partial charge in [0.05, 0.1) is 40.0 Å². The summed E-state index contributed by atoms with van der Waals surface area (Å²) in [6.07, 6.45) is -2.00. The van der Waals surface area contributed by atoms with E-state index in [4.69, 9.17) is 4.74 Å². The highest BCUT2D eigenvalue weighted by Crippen LogP contribution is 2.50. The fourth-order valence-corrected chi connectivity index (χ4v) is 9.89. The van der Waals surface area contributed by atoms with Crippen LogP contribution in [0.3, 0.4) is 0 Å². The van der Waals surface area contributed by atoms with Gasteiger partial charge in [0.15, 0.2) is 0 Å². The number of thiophene rings is 1.